The van der Waals surface area contributed by atoms with Crippen LogP contribution in [0.3, 0.4) is 0 Å². The number of carboxylic acids is 2. The van der Waals surface area contributed by atoms with Crippen LogP contribution in [0.25, 0.3) is 0 Å². The van der Waals surface area contributed by atoms with E-state index in [2.05, 4.69) is 5.32 Å². The highest BCUT2D eigenvalue weighted by Gasteiger charge is 2.38. The van der Waals surface area contributed by atoms with E-state index in [0.717, 1.165) is 5.56 Å². The lowest BCUT2D eigenvalue weighted by Gasteiger charge is -2.29. The minimum Gasteiger partial charge on any atom is -0.481 e. The fraction of sp³-hybridized carbons (Fsp3) is 0.273. The molecule has 1 heterocycles. The number of benzene rings is 1. The van der Waals surface area contributed by atoms with Crippen molar-refractivity contribution < 1.29 is 19.8 Å². The minimum atomic E-state index is -1.14. The Morgan fingerprint density at radius 2 is 1.88 bits per heavy atom. The summed E-state index contributed by atoms with van der Waals surface area (Å²) < 4.78 is 0. The highest BCUT2D eigenvalue weighted by Crippen LogP contribution is 2.28. The van der Waals surface area contributed by atoms with Crippen LogP contribution in [0.2, 0.25) is 0 Å². The number of aliphatic carboxylic acids is 2. The Hall–Kier alpha value is -1.88. The highest BCUT2D eigenvalue weighted by molar-refractivity contribution is 5.87. The van der Waals surface area contributed by atoms with Gasteiger partial charge in [0.15, 0.2) is 0 Å². The fourth-order valence-corrected chi connectivity index (χ4v) is 2.02. The molecule has 0 fully saturated rings. The molecule has 3 N–H and O–H groups in total. The van der Waals surface area contributed by atoms with Crippen LogP contribution in [0.15, 0.2) is 24.3 Å². The van der Waals surface area contributed by atoms with Crippen LogP contribution in [-0.2, 0) is 16.1 Å². The lowest BCUT2D eigenvalue weighted by atomic mass is 9.85. The van der Waals surface area contributed by atoms with Crippen LogP contribution in [0.5, 0.6) is 0 Å². The van der Waals surface area contributed by atoms with Gasteiger partial charge in [0.25, 0.3) is 0 Å². The monoisotopic (exact) mass is 221 g/mol. The summed E-state index contributed by atoms with van der Waals surface area (Å²) in [4.78, 5) is 22.1. The Morgan fingerprint density at radius 1 is 1.19 bits per heavy atom. The van der Waals surface area contributed by atoms with Gasteiger partial charge in [-0.05, 0) is 11.1 Å². The van der Waals surface area contributed by atoms with Crippen molar-refractivity contribution in [3.05, 3.63) is 35.4 Å². The van der Waals surface area contributed by atoms with Gasteiger partial charge in [-0.1, -0.05) is 24.3 Å². The second-order valence-corrected chi connectivity index (χ2v) is 3.71. The van der Waals surface area contributed by atoms with Crippen molar-refractivity contribution in [3.63, 3.8) is 0 Å². The van der Waals surface area contributed by atoms with E-state index in [1.54, 1.807) is 24.3 Å². The Bertz CT molecular complexity index is 443. The molecule has 2 rings (SSSR count). The molecule has 0 bridgehead atoms. The van der Waals surface area contributed by atoms with E-state index in [1.165, 1.54) is 0 Å². The maximum atomic E-state index is 11.1. The molecular weight excluding hydrogens is 210 g/mol. The van der Waals surface area contributed by atoms with E-state index in [4.69, 9.17) is 10.2 Å². The van der Waals surface area contributed by atoms with Crippen molar-refractivity contribution in [2.75, 3.05) is 0 Å². The first-order chi connectivity index (χ1) is 7.61. The maximum absolute atomic E-state index is 11.1. The molecular formula is C11H11NO4. The van der Waals surface area contributed by atoms with Crippen LogP contribution in [-0.4, -0.2) is 28.2 Å². The van der Waals surface area contributed by atoms with Gasteiger partial charge in [0.2, 0.25) is 0 Å². The molecule has 0 saturated carbocycles. The zero-order chi connectivity index (χ0) is 11.7. The summed E-state index contributed by atoms with van der Waals surface area (Å²) >= 11 is 0. The summed E-state index contributed by atoms with van der Waals surface area (Å²) in [7, 11) is 0. The van der Waals surface area contributed by atoms with Gasteiger partial charge in [0.1, 0.15) is 12.0 Å². The highest BCUT2D eigenvalue weighted by atomic mass is 16.4. The predicted molar refractivity (Wildman–Crippen MR) is 55.1 cm³/mol. The first-order valence-electron chi connectivity index (χ1n) is 4.88. The van der Waals surface area contributed by atoms with Gasteiger partial charge < -0.3 is 10.2 Å². The summed E-state index contributed by atoms with van der Waals surface area (Å²) in [6.07, 6.45) is 0. The first kappa shape index (κ1) is 10.6. The molecule has 0 aliphatic carbocycles. The van der Waals surface area contributed by atoms with Gasteiger partial charge in [-0.3, -0.25) is 14.9 Å². The summed E-state index contributed by atoms with van der Waals surface area (Å²) in [5.74, 6) is -3.28. The number of hydrogen-bond donors (Lipinski definition) is 3. The molecule has 1 aliphatic rings. The lowest BCUT2D eigenvalue weighted by Crippen LogP contribution is -2.47. The topological polar surface area (TPSA) is 86.6 Å². The number of fused-ring (bicyclic) bond motifs is 1. The molecule has 0 aromatic heterocycles. The third kappa shape index (κ3) is 1.65. The lowest BCUT2D eigenvalue weighted by molar-refractivity contribution is -0.148. The van der Waals surface area contributed by atoms with Gasteiger partial charge in [0, 0.05) is 6.54 Å². The van der Waals surface area contributed by atoms with Crippen LogP contribution < -0.4 is 5.32 Å². The smallest absolute Gasteiger partial charge is 0.321 e. The van der Waals surface area contributed by atoms with Crippen molar-refractivity contribution in [1.29, 1.82) is 0 Å². The summed E-state index contributed by atoms with van der Waals surface area (Å²) in [5.41, 5.74) is 1.42. The van der Waals surface area contributed by atoms with Gasteiger partial charge in [-0.15, -0.1) is 0 Å². The van der Waals surface area contributed by atoms with Crippen molar-refractivity contribution in [1.82, 2.24) is 5.32 Å². The Kier molecular flexibility index (Phi) is 2.62. The standard InChI is InChI=1S/C11H11NO4/c13-10(14)8-7-4-2-1-3-6(7)5-12-9(8)11(15)16/h1-4,8-9,12H,5H2,(H,13,14)(H,15,16). The molecule has 2 atom stereocenters. The van der Waals surface area contributed by atoms with Crippen LogP contribution in [0.1, 0.15) is 17.0 Å². The molecule has 2 unspecified atom stereocenters. The summed E-state index contributed by atoms with van der Waals surface area (Å²) in [6, 6.07) is 5.94. The van der Waals surface area contributed by atoms with E-state index < -0.39 is 23.9 Å². The molecule has 84 valence electrons. The van der Waals surface area contributed by atoms with Crippen molar-refractivity contribution >= 4 is 11.9 Å². The van der Waals surface area contributed by atoms with Gasteiger partial charge in [0.05, 0.1) is 0 Å². The zero-order valence-electron chi connectivity index (χ0n) is 8.38. The second kappa shape index (κ2) is 3.94. The molecule has 0 saturated heterocycles. The number of carbonyl (C=O) groups is 2. The van der Waals surface area contributed by atoms with Gasteiger partial charge >= 0.3 is 11.9 Å². The van der Waals surface area contributed by atoms with Gasteiger partial charge in [-0.2, -0.15) is 0 Å². The van der Waals surface area contributed by atoms with Crippen LogP contribution >= 0.6 is 0 Å². The average Bonchev–Trinajstić information content (AvgIpc) is 2.27. The summed E-state index contributed by atoms with van der Waals surface area (Å²) in [6.45, 7) is 0.386. The van der Waals surface area contributed by atoms with Crippen molar-refractivity contribution in [2.45, 2.75) is 18.5 Å². The number of nitrogens with one attached hydrogen (secondary N) is 1. The normalized spacial score (nSPS) is 23.5. The molecule has 5 heteroatoms. The van der Waals surface area contributed by atoms with E-state index in [-0.39, 0.29) is 0 Å². The van der Waals surface area contributed by atoms with Crippen LogP contribution in [0.4, 0.5) is 0 Å². The molecule has 1 aromatic carbocycles. The molecule has 5 nitrogen and oxygen atoms in total. The van der Waals surface area contributed by atoms with E-state index in [0.29, 0.717) is 12.1 Å². The molecule has 0 amide bonds. The first-order valence-corrected chi connectivity index (χ1v) is 4.88. The van der Waals surface area contributed by atoms with E-state index >= 15 is 0 Å². The largest absolute Gasteiger partial charge is 0.481 e. The Labute approximate surface area is 91.7 Å². The van der Waals surface area contributed by atoms with Gasteiger partial charge in [-0.25, -0.2) is 0 Å². The maximum Gasteiger partial charge on any atom is 0.321 e. The average molecular weight is 221 g/mol. The molecule has 16 heavy (non-hydrogen) atoms. The molecule has 1 aromatic rings. The number of hydrogen-bond acceptors (Lipinski definition) is 3. The minimum absolute atomic E-state index is 0.386. The quantitative estimate of drug-likeness (QED) is 0.673. The van der Waals surface area contributed by atoms with E-state index in [1.807, 2.05) is 0 Å². The Morgan fingerprint density at radius 3 is 2.50 bits per heavy atom. The fourth-order valence-electron chi connectivity index (χ4n) is 2.02. The Balaban J connectivity index is 2.47. The van der Waals surface area contributed by atoms with Crippen molar-refractivity contribution in [3.8, 4) is 0 Å². The molecule has 0 radical (unpaired) electrons. The molecule has 1 aliphatic heterocycles. The predicted octanol–water partition coefficient (Wildman–Crippen LogP) is 0.411. The SMILES string of the molecule is O=C(O)C1NCc2ccccc2C1C(=O)O. The van der Waals surface area contributed by atoms with Crippen LogP contribution in [0, 0.1) is 0 Å². The van der Waals surface area contributed by atoms with E-state index in [9.17, 15) is 9.59 Å². The zero-order valence-corrected chi connectivity index (χ0v) is 8.38. The second-order valence-electron chi connectivity index (χ2n) is 3.71. The third-order valence-electron chi connectivity index (χ3n) is 2.77. The number of carboxylic acid groups (broad SMARTS) is 2. The summed E-state index contributed by atoms with van der Waals surface area (Å²) in [5, 5.41) is 20.8. The van der Waals surface area contributed by atoms with Crippen molar-refractivity contribution in [2.24, 2.45) is 0 Å². The third-order valence-corrected chi connectivity index (χ3v) is 2.77. The molecule has 0 spiro atoms. The number of rotatable bonds is 2.